The highest BCUT2D eigenvalue weighted by Gasteiger charge is 2.33. The van der Waals surface area contributed by atoms with Gasteiger partial charge in [-0.15, -0.1) is 0 Å². The molecule has 0 spiro atoms. The van der Waals surface area contributed by atoms with Crippen LogP contribution in [0.2, 0.25) is 0 Å². The highest BCUT2D eigenvalue weighted by atomic mass is 79.9. The van der Waals surface area contributed by atoms with Crippen molar-refractivity contribution in [1.29, 1.82) is 0 Å². The molecular weight excluding hydrogens is 330 g/mol. The molecule has 1 heterocycles. The second kappa shape index (κ2) is 7.12. The van der Waals surface area contributed by atoms with E-state index in [-0.39, 0.29) is 0 Å². The van der Waals surface area contributed by atoms with E-state index in [9.17, 15) is 5.11 Å². The van der Waals surface area contributed by atoms with Gasteiger partial charge in [0.05, 0.1) is 12.7 Å². The Hall–Kier alpha value is -0.580. The summed E-state index contributed by atoms with van der Waals surface area (Å²) in [5, 5.41) is 10.9. The summed E-state index contributed by atoms with van der Waals surface area (Å²) in [6, 6.07) is 5.94. The van der Waals surface area contributed by atoms with Gasteiger partial charge in [0.2, 0.25) is 0 Å². The van der Waals surface area contributed by atoms with Gasteiger partial charge in [0.1, 0.15) is 5.75 Å². The number of piperidine rings is 1. The quantitative estimate of drug-likeness (QED) is 0.877. The van der Waals surface area contributed by atoms with Crippen LogP contribution in [0.1, 0.15) is 32.3 Å². The molecule has 0 aromatic heterocycles. The third kappa shape index (κ3) is 4.70. The van der Waals surface area contributed by atoms with Crippen LogP contribution in [0, 0.1) is 5.92 Å². The van der Waals surface area contributed by atoms with Gasteiger partial charge < -0.3 is 14.7 Å². The number of benzene rings is 1. The number of likely N-dealkylation sites (tertiary alicyclic amines) is 1. The van der Waals surface area contributed by atoms with Crippen LogP contribution in [0.4, 0.5) is 0 Å². The zero-order valence-corrected chi connectivity index (χ0v) is 14.8. The Balaban J connectivity index is 2.00. The van der Waals surface area contributed by atoms with Gasteiger partial charge >= 0.3 is 0 Å². The van der Waals surface area contributed by atoms with Crippen molar-refractivity contribution in [3.63, 3.8) is 0 Å². The fourth-order valence-electron chi connectivity index (χ4n) is 3.01. The van der Waals surface area contributed by atoms with Gasteiger partial charge in [-0.1, -0.05) is 29.8 Å². The van der Waals surface area contributed by atoms with Crippen molar-refractivity contribution < 1.29 is 9.84 Å². The molecule has 1 N–H and O–H groups in total. The molecule has 0 atom stereocenters. The van der Waals surface area contributed by atoms with Crippen LogP contribution in [0.3, 0.4) is 0 Å². The Labute approximate surface area is 136 Å². The molecule has 1 aromatic rings. The molecule has 1 fully saturated rings. The first-order chi connectivity index (χ1) is 9.92. The number of hydrogen-bond acceptors (Lipinski definition) is 3. The maximum absolute atomic E-state index is 10.9. The summed E-state index contributed by atoms with van der Waals surface area (Å²) in [4.78, 5) is 2.46. The zero-order valence-electron chi connectivity index (χ0n) is 13.2. The summed E-state index contributed by atoms with van der Waals surface area (Å²) >= 11 is 3.58. The van der Waals surface area contributed by atoms with Crippen LogP contribution in [0.5, 0.6) is 5.75 Å². The molecule has 1 aliphatic heterocycles. The van der Waals surface area contributed by atoms with E-state index in [0.29, 0.717) is 12.3 Å². The highest BCUT2D eigenvalue weighted by Crippen LogP contribution is 2.31. The number of hydrogen-bond donors (Lipinski definition) is 1. The molecule has 0 amide bonds. The van der Waals surface area contributed by atoms with E-state index in [1.54, 1.807) is 7.11 Å². The molecule has 2 rings (SSSR count). The maximum Gasteiger partial charge on any atom is 0.119 e. The fourth-order valence-corrected chi connectivity index (χ4v) is 3.40. The van der Waals surface area contributed by atoms with Gasteiger partial charge in [-0.2, -0.15) is 0 Å². The molecule has 0 bridgehead atoms. The van der Waals surface area contributed by atoms with Gasteiger partial charge in [0.15, 0.2) is 0 Å². The Morgan fingerprint density at radius 2 is 2.00 bits per heavy atom. The fraction of sp³-hybridized carbons (Fsp3) is 0.647. The Morgan fingerprint density at radius 1 is 1.33 bits per heavy atom. The van der Waals surface area contributed by atoms with Gasteiger partial charge in [0.25, 0.3) is 0 Å². The van der Waals surface area contributed by atoms with Crippen molar-refractivity contribution in [2.24, 2.45) is 5.92 Å². The van der Waals surface area contributed by atoms with Crippen LogP contribution in [-0.4, -0.2) is 42.4 Å². The van der Waals surface area contributed by atoms with Crippen molar-refractivity contribution in [1.82, 2.24) is 4.90 Å². The Kier molecular flexibility index (Phi) is 5.69. The van der Waals surface area contributed by atoms with Crippen LogP contribution in [-0.2, 0) is 6.42 Å². The summed E-state index contributed by atoms with van der Waals surface area (Å²) in [6.45, 7) is 7.58. The van der Waals surface area contributed by atoms with Crippen LogP contribution < -0.4 is 4.74 Å². The summed E-state index contributed by atoms with van der Waals surface area (Å²) < 4.78 is 6.32. The molecule has 0 unspecified atom stereocenters. The minimum absolute atomic E-state index is 0.595. The molecule has 4 heteroatoms. The van der Waals surface area contributed by atoms with Crippen molar-refractivity contribution in [2.75, 3.05) is 26.7 Å². The minimum atomic E-state index is -0.595. The predicted octanol–water partition coefficient (Wildman–Crippen LogP) is 3.48. The normalized spacial score (nSPS) is 19.0. The molecular formula is C17H26BrNO2. The number of rotatable bonds is 5. The molecule has 0 saturated carbocycles. The molecule has 0 radical (unpaired) electrons. The topological polar surface area (TPSA) is 32.7 Å². The number of nitrogens with zero attached hydrogens (tertiary/aromatic N) is 1. The third-order valence-corrected chi connectivity index (χ3v) is 4.96. The number of halogens is 1. The monoisotopic (exact) mass is 355 g/mol. The minimum Gasteiger partial charge on any atom is -0.497 e. The number of ether oxygens (including phenoxy) is 1. The Bertz CT molecular complexity index is 468. The lowest BCUT2D eigenvalue weighted by molar-refractivity contribution is -0.0228. The molecule has 3 nitrogen and oxygen atoms in total. The first-order valence-electron chi connectivity index (χ1n) is 7.69. The predicted molar refractivity (Wildman–Crippen MR) is 89.9 cm³/mol. The maximum atomic E-state index is 10.9. The van der Waals surface area contributed by atoms with E-state index < -0.39 is 5.60 Å². The largest absolute Gasteiger partial charge is 0.497 e. The van der Waals surface area contributed by atoms with Crippen molar-refractivity contribution >= 4 is 15.9 Å². The summed E-state index contributed by atoms with van der Waals surface area (Å²) in [5.41, 5.74) is 0.525. The van der Waals surface area contributed by atoms with Crippen LogP contribution in [0.15, 0.2) is 22.7 Å². The second-order valence-corrected chi connectivity index (χ2v) is 7.41. The highest BCUT2D eigenvalue weighted by molar-refractivity contribution is 9.10. The van der Waals surface area contributed by atoms with E-state index >= 15 is 0 Å². The smallest absolute Gasteiger partial charge is 0.119 e. The lowest BCUT2D eigenvalue weighted by Gasteiger charge is -2.39. The zero-order chi connectivity index (χ0) is 15.5. The average Bonchev–Trinajstić information content (AvgIpc) is 2.44. The lowest BCUT2D eigenvalue weighted by Crippen LogP contribution is -2.46. The van der Waals surface area contributed by atoms with E-state index in [1.807, 2.05) is 18.2 Å². The van der Waals surface area contributed by atoms with E-state index in [0.717, 1.165) is 48.3 Å². The molecule has 1 aliphatic rings. The molecule has 21 heavy (non-hydrogen) atoms. The first kappa shape index (κ1) is 16.8. The molecule has 118 valence electrons. The SMILES string of the molecule is COc1ccc(Br)c(CC2(O)CCN(CC(C)C)CC2)c1. The van der Waals surface area contributed by atoms with Crippen molar-refractivity contribution in [3.8, 4) is 5.75 Å². The lowest BCUT2D eigenvalue weighted by atomic mass is 9.85. The second-order valence-electron chi connectivity index (χ2n) is 6.55. The van der Waals surface area contributed by atoms with Gasteiger partial charge in [-0.05, 0) is 42.5 Å². The summed E-state index contributed by atoms with van der Waals surface area (Å²) in [5.74, 6) is 1.53. The third-order valence-electron chi connectivity index (χ3n) is 4.18. The molecule has 1 aromatic carbocycles. The van der Waals surface area contributed by atoms with E-state index in [4.69, 9.17) is 4.74 Å². The van der Waals surface area contributed by atoms with Crippen molar-refractivity contribution in [2.45, 2.75) is 38.7 Å². The van der Waals surface area contributed by atoms with Crippen molar-refractivity contribution in [3.05, 3.63) is 28.2 Å². The van der Waals surface area contributed by atoms with E-state index in [2.05, 4.69) is 34.7 Å². The number of aliphatic hydroxyl groups is 1. The standard InChI is InChI=1S/C17H26BrNO2/c1-13(2)12-19-8-6-17(20,7-9-19)11-14-10-15(21-3)4-5-16(14)18/h4-5,10,13,20H,6-9,11-12H2,1-3H3. The van der Waals surface area contributed by atoms with Crippen LogP contribution in [0.25, 0.3) is 0 Å². The van der Waals surface area contributed by atoms with Gasteiger partial charge in [-0.25, -0.2) is 0 Å². The van der Waals surface area contributed by atoms with E-state index in [1.165, 1.54) is 0 Å². The summed E-state index contributed by atoms with van der Waals surface area (Å²) in [7, 11) is 1.67. The number of methoxy groups -OCH3 is 1. The first-order valence-corrected chi connectivity index (χ1v) is 8.48. The van der Waals surface area contributed by atoms with Gasteiger partial charge in [0, 0.05) is 30.5 Å². The molecule has 0 aliphatic carbocycles. The molecule has 1 saturated heterocycles. The van der Waals surface area contributed by atoms with Crippen LogP contribution >= 0.6 is 15.9 Å². The van der Waals surface area contributed by atoms with Gasteiger partial charge in [-0.3, -0.25) is 0 Å². The summed E-state index contributed by atoms with van der Waals surface area (Å²) in [6.07, 6.45) is 2.35. The average molecular weight is 356 g/mol. The Morgan fingerprint density at radius 3 is 2.57 bits per heavy atom.